The maximum absolute atomic E-state index is 12.9. The van der Waals surface area contributed by atoms with Gasteiger partial charge in [0.25, 0.3) is 0 Å². The van der Waals surface area contributed by atoms with Gasteiger partial charge in [0.1, 0.15) is 5.78 Å². The fourth-order valence-corrected chi connectivity index (χ4v) is 5.84. The molecule has 1 saturated carbocycles. The van der Waals surface area contributed by atoms with Gasteiger partial charge in [0.2, 0.25) is 5.91 Å². The third kappa shape index (κ3) is 5.88. The van der Waals surface area contributed by atoms with E-state index in [0.717, 1.165) is 25.3 Å². The van der Waals surface area contributed by atoms with Gasteiger partial charge in [-0.25, -0.2) is 0 Å². The lowest BCUT2D eigenvalue weighted by Gasteiger charge is -2.44. The summed E-state index contributed by atoms with van der Waals surface area (Å²) in [5.74, 6) is 1.51. The molecule has 1 amide bonds. The highest BCUT2D eigenvalue weighted by Crippen LogP contribution is 2.35. The molecule has 2 unspecified atom stereocenters. The van der Waals surface area contributed by atoms with Crippen LogP contribution >= 0.6 is 0 Å². The molecule has 1 aliphatic carbocycles. The zero-order chi connectivity index (χ0) is 22.2. The molecule has 0 N–H and O–H groups in total. The first kappa shape index (κ1) is 22.8. The predicted octanol–water partition coefficient (Wildman–Crippen LogP) is 6.52. The molecule has 1 aliphatic heterocycles. The van der Waals surface area contributed by atoms with E-state index in [9.17, 15) is 9.59 Å². The number of hydrogen-bond acceptors (Lipinski definition) is 2. The number of piperidine rings is 1. The molecule has 0 spiro atoms. The normalized spacial score (nSPS) is 20.7. The van der Waals surface area contributed by atoms with Gasteiger partial charge in [-0.1, -0.05) is 73.5 Å². The van der Waals surface area contributed by atoms with Crippen LogP contribution < -0.4 is 0 Å². The maximum Gasteiger partial charge on any atom is 0.222 e. The first-order valence-corrected chi connectivity index (χ1v) is 12.6. The van der Waals surface area contributed by atoms with Gasteiger partial charge in [-0.05, 0) is 55.6 Å². The smallest absolute Gasteiger partial charge is 0.222 e. The largest absolute Gasteiger partial charge is 0.339 e. The van der Waals surface area contributed by atoms with Crippen molar-refractivity contribution in [2.45, 2.75) is 82.6 Å². The molecule has 1 saturated heterocycles. The average molecular weight is 432 g/mol. The number of amides is 1. The quantitative estimate of drug-likeness (QED) is 0.453. The second kappa shape index (κ2) is 11.4. The van der Waals surface area contributed by atoms with Crippen LogP contribution in [0.2, 0.25) is 0 Å². The summed E-state index contributed by atoms with van der Waals surface area (Å²) >= 11 is 0. The Morgan fingerprint density at radius 3 is 2.09 bits per heavy atom. The Bertz CT molecular complexity index is 822. The van der Waals surface area contributed by atoms with Crippen LogP contribution in [-0.2, 0) is 9.59 Å². The Hall–Kier alpha value is -2.42. The van der Waals surface area contributed by atoms with Crippen molar-refractivity contribution in [1.29, 1.82) is 0 Å². The highest BCUT2D eigenvalue weighted by Gasteiger charge is 2.35. The molecule has 2 aliphatic rings. The standard InChI is InChI=1S/C29H37NO2/c31-26(17-9-19-29(32)30-22-10-16-25-15-7-8-18-28(25)30)20-21-27(23-11-3-1-4-12-23)24-13-5-2-6-14-24/h1-6,11-14,25,27-28H,7-10,15-22H2. The van der Waals surface area contributed by atoms with Crippen molar-refractivity contribution in [3.05, 3.63) is 71.8 Å². The van der Waals surface area contributed by atoms with E-state index in [1.807, 2.05) is 12.1 Å². The molecular formula is C29H37NO2. The van der Waals surface area contributed by atoms with Gasteiger partial charge in [0.05, 0.1) is 0 Å². The third-order valence-electron chi connectivity index (χ3n) is 7.53. The van der Waals surface area contributed by atoms with E-state index in [0.29, 0.717) is 31.7 Å². The van der Waals surface area contributed by atoms with E-state index in [-0.39, 0.29) is 17.6 Å². The molecule has 32 heavy (non-hydrogen) atoms. The van der Waals surface area contributed by atoms with E-state index < -0.39 is 0 Å². The molecule has 2 atom stereocenters. The zero-order valence-electron chi connectivity index (χ0n) is 19.3. The molecule has 4 rings (SSSR count). The van der Waals surface area contributed by atoms with Gasteiger partial charge in [-0.2, -0.15) is 0 Å². The molecule has 0 bridgehead atoms. The summed E-state index contributed by atoms with van der Waals surface area (Å²) in [6.45, 7) is 0.920. The summed E-state index contributed by atoms with van der Waals surface area (Å²) < 4.78 is 0. The van der Waals surface area contributed by atoms with Crippen LogP contribution in [0.4, 0.5) is 0 Å². The second-order valence-electron chi connectivity index (χ2n) is 9.65. The number of benzene rings is 2. The van der Waals surface area contributed by atoms with Gasteiger partial charge in [0, 0.05) is 37.8 Å². The lowest BCUT2D eigenvalue weighted by atomic mass is 9.78. The summed E-state index contributed by atoms with van der Waals surface area (Å²) in [7, 11) is 0. The van der Waals surface area contributed by atoms with Crippen molar-refractivity contribution < 1.29 is 9.59 Å². The van der Waals surface area contributed by atoms with Crippen molar-refractivity contribution in [3.8, 4) is 0 Å². The van der Waals surface area contributed by atoms with Crippen molar-refractivity contribution in [3.63, 3.8) is 0 Å². The highest BCUT2D eigenvalue weighted by molar-refractivity contribution is 5.80. The van der Waals surface area contributed by atoms with Crippen molar-refractivity contribution in [2.75, 3.05) is 6.54 Å². The summed E-state index contributed by atoms with van der Waals surface area (Å²) in [5.41, 5.74) is 2.52. The summed E-state index contributed by atoms with van der Waals surface area (Å²) in [6, 6.07) is 21.4. The zero-order valence-corrected chi connectivity index (χ0v) is 19.3. The van der Waals surface area contributed by atoms with E-state index in [2.05, 4.69) is 53.4 Å². The van der Waals surface area contributed by atoms with Crippen LogP contribution in [0.25, 0.3) is 0 Å². The number of fused-ring (bicyclic) bond motifs is 1. The monoisotopic (exact) mass is 431 g/mol. The molecule has 170 valence electrons. The number of hydrogen-bond donors (Lipinski definition) is 0. The minimum Gasteiger partial charge on any atom is -0.339 e. The van der Waals surface area contributed by atoms with E-state index in [1.165, 1.54) is 43.2 Å². The van der Waals surface area contributed by atoms with Crippen LogP contribution in [0.1, 0.15) is 87.7 Å². The van der Waals surface area contributed by atoms with Crippen molar-refractivity contribution >= 4 is 11.7 Å². The van der Waals surface area contributed by atoms with Crippen LogP contribution in [0.5, 0.6) is 0 Å². The number of nitrogens with zero attached hydrogens (tertiary/aromatic N) is 1. The molecule has 2 fully saturated rings. The first-order valence-electron chi connectivity index (χ1n) is 12.6. The molecule has 0 radical (unpaired) electrons. The van der Waals surface area contributed by atoms with E-state index in [1.54, 1.807) is 0 Å². The average Bonchev–Trinajstić information content (AvgIpc) is 2.85. The predicted molar refractivity (Wildman–Crippen MR) is 130 cm³/mol. The number of likely N-dealkylation sites (tertiary alicyclic amines) is 1. The fraction of sp³-hybridized carbons (Fsp3) is 0.517. The summed E-state index contributed by atoms with van der Waals surface area (Å²) in [4.78, 5) is 27.7. The van der Waals surface area contributed by atoms with Crippen molar-refractivity contribution in [2.24, 2.45) is 5.92 Å². The maximum atomic E-state index is 12.9. The molecule has 2 aromatic carbocycles. The number of Topliss-reactive ketones (excluding diaryl/α,β-unsaturated/α-hetero) is 1. The Labute approximate surface area is 193 Å². The molecule has 2 aromatic rings. The molecule has 3 nitrogen and oxygen atoms in total. The third-order valence-corrected chi connectivity index (χ3v) is 7.53. The van der Waals surface area contributed by atoms with Crippen LogP contribution in [0, 0.1) is 5.92 Å². The SMILES string of the molecule is O=C(CCCC(=O)N1CCCC2CCCCC21)CCC(c1ccccc1)c1ccccc1. The molecule has 1 heterocycles. The number of carbonyl (C=O) groups excluding carboxylic acids is 2. The van der Waals surface area contributed by atoms with Crippen molar-refractivity contribution in [1.82, 2.24) is 4.90 Å². The molecular weight excluding hydrogens is 394 g/mol. The Balaban J connectivity index is 1.25. The Kier molecular flexibility index (Phi) is 8.14. The lowest BCUT2D eigenvalue weighted by molar-refractivity contribution is -0.137. The second-order valence-corrected chi connectivity index (χ2v) is 9.65. The summed E-state index contributed by atoms with van der Waals surface area (Å²) in [6.07, 6.45) is 10.6. The van der Waals surface area contributed by atoms with Crippen LogP contribution in [0.15, 0.2) is 60.7 Å². The van der Waals surface area contributed by atoms with Crippen LogP contribution in [0.3, 0.4) is 0 Å². The van der Waals surface area contributed by atoms with Gasteiger partial charge in [0.15, 0.2) is 0 Å². The lowest BCUT2D eigenvalue weighted by Crippen LogP contribution is -2.49. The van der Waals surface area contributed by atoms with E-state index >= 15 is 0 Å². The fourth-order valence-electron chi connectivity index (χ4n) is 5.84. The Morgan fingerprint density at radius 1 is 0.781 bits per heavy atom. The molecule has 0 aromatic heterocycles. The minimum atomic E-state index is 0.236. The van der Waals surface area contributed by atoms with Gasteiger partial charge < -0.3 is 4.90 Å². The van der Waals surface area contributed by atoms with Gasteiger partial charge in [-0.15, -0.1) is 0 Å². The first-order chi connectivity index (χ1) is 15.7. The number of ketones is 1. The molecule has 3 heteroatoms. The number of carbonyl (C=O) groups is 2. The minimum absolute atomic E-state index is 0.236. The highest BCUT2D eigenvalue weighted by atomic mass is 16.2. The summed E-state index contributed by atoms with van der Waals surface area (Å²) in [5, 5.41) is 0. The topological polar surface area (TPSA) is 37.4 Å². The van der Waals surface area contributed by atoms with Gasteiger partial charge >= 0.3 is 0 Å². The van der Waals surface area contributed by atoms with E-state index in [4.69, 9.17) is 0 Å². The number of rotatable bonds is 9. The van der Waals surface area contributed by atoms with Crippen LogP contribution in [-0.4, -0.2) is 29.2 Å². The van der Waals surface area contributed by atoms with Gasteiger partial charge in [-0.3, -0.25) is 9.59 Å². The Morgan fingerprint density at radius 2 is 1.41 bits per heavy atom.